The summed E-state index contributed by atoms with van der Waals surface area (Å²) in [5.74, 6) is 0. The molecule has 1 radical (unpaired) electrons. The topological polar surface area (TPSA) is 120 Å². The van der Waals surface area contributed by atoms with Crippen LogP contribution in [0.2, 0.25) is 0 Å². The van der Waals surface area contributed by atoms with Crippen molar-refractivity contribution in [2.24, 2.45) is 0 Å². The van der Waals surface area contributed by atoms with Crippen LogP contribution in [0.1, 0.15) is 0 Å². The maximum Gasteiger partial charge on any atom is 1.00 e. The van der Waals surface area contributed by atoms with E-state index in [2.05, 4.69) is 0 Å². The van der Waals surface area contributed by atoms with Gasteiger partial charge in [0.25, 0.3) is 0 Å². The van der Waals surface area contributed by atoms with E-state index in [-0.39, 0.29) is 81.0 Å². The molecule has 0 atom stereocenters. The van der Waals surface area contributed by atoms with Crippen LogP contribution < -0.4 is 18.9 Å². The SMILES string of the molecule is [Li+].[OH-].[OH-].[OH-].[OH-].[Ti].[V]. The summed E-state index contributed by atoms with van der Waals surface area (Å²) in [7, 11) is 0. The van der Waals surface area contributed by atoms with Gasteiger partial charge < -0.3 is 21.9 Å². The molecule has 0 fully saturated rings. The molecule has 4 N–H and O–H groups in total. The van der Waals surface area contributed by atoms with Gasteiger partial charge in [0, 0.05) is 40.3 Å². The van der Waals surface area contributed by atoms with Gasteiger partial charge in [-0.15, -0.1) is 0 Å². The van der Waals surface area contributed by atoms with Crippen LogP contribution in [0.25, 0.3) is 0 Å². The van der Waals surface area contributed by atoms with E-state index in [1.807, 2.05) is 0 Å². The van der Waals surface area contributed by atoms with Gasteiger partial charge in [-0.25, -0.2) is 0 Å². The first-order chi connectivity index (χ1) is 0. The number of hydrogen-bond donors (Lipinski definition) is 0. The van der Waals surface area contributed by atoms with E-state index in [1.54, 1.807) is 0 Å². The van der Waals surface area contributed by atoms with Crippen molar-refractivity contribution in [2.45, 2.75) is 0 Å². The van der Waals surface area contributed by atoms with Crippen molar-refractivity contribution in [3.05, 3.63) is 0 Å². The molecule has 0 saturated carbocycles. The minimum Gasteiger partial charge on any atom is -0.870 e. The molecular formula is H4LiO4TiV-3. The molecule has 0 aromatic carbocycles. The minimum atomic E-state index is 0. The molecule has 41 valence electrons. The Kier molecular flexibility index (Phi) is 2890. The monoisotopic (exact) mass is 174 g/mol. The van der Waals surface area contributed by atoms with Crippen LogP contribution in [-0.2, 0) is 40.3 Å². The van der Waals surface area contributed by atoms with E-state index in [0.29, 0.717) is 0 Å². The molecule has 0 aliphatic heterocycles. The summed E-state index contributed by atoms with van der Waals surface area (Å²) in [6.07, 6.45) is 0. The maximum absolute atomic E-state index is 0. The van der Waals surface area contributed by atoms with Gasteiger partial charge in [-0.05, 0) is 0 Å². The fourth-order valence-electron chi connectivity index (χ4n) is 0. The largest absolute Gasteiger partial charge is 1.00 e. The molecule has 0 heterocycles. The first-order valence-corrected chi connectivity index (χ1v) is 0. The number of rotatable bonds is 0. The third-order valence-corrected chi connectivity index (χ3v) is 0. The predicted octanol–water partition coefficient (Wildman–Crippen LogP) is -3.71. The van der Waals surface area contributed by atoms with Crippen LogP contribution in [0.4, 0.5) is 0 Å². The quantitative estimate of drug-likeness (QED) is 0.350. The van der Waals surface area contributed by atoms with Crippen LogP contribution in [-0.4, -0.2) is 21.9 Å². The van der Waals surface area contributed by atoms with Gasteiger partial charge in [-0.2, -0.15) is 0 Å². The van der Waals surface area contributed by atoms with Crippen molar-refractivity contribution >= 4 is 0 Å². The van der Waals surface area contributed by atoms with E-state index < -0.39 is 0 Å². The standard InChI is InChI=1S/Li.4H2O.Ti.V/h;4*1H2;;/q+1;;;;;;/p-4. The Hall–Kier alpha value is 1.74. The Labute approximate surface area is 80.6 Å². The van der Waals surface area contributed by atoms with Gasteiger partial charge in [0.2, 0.25) is 0 Å². The fraction of sp³-hybridized carbons (Fsp3) is 0. The molecule has 0 unspecified atom stereocenters. The van der Waals surface area contributed by atoms with Crippen molar-refractivity contribution < 1.29 is 81.0 Å². The molecule has 0 amide bonds. The van der Waals surface area contributed by atoms with Crippen LogP contribution in [0.3, 0.4) is 0 Å². The average molecular weight is 174 g/mol. The molecule has 4 nitrogen and oxygen atoms in total. The van der Waals surface area contributed by atoms with Crippen LogP contribution in [0.5, 0.6) is 0 Å². The molecule has 0 aliphatic rings. The minimum absolute atomic E-state index is 0. The number of hydrogen-bond acceptors (Lipinski definition) is 4. The third-order valence-electron chi connectivity index (χ3n) is 0. The van der Waals surface area contributed by atoms with Gasteiger partial charge in [0.1, 0.15) is 0 Å². The Morgan fingerprint density at radius 1 is 0.571 bits per heavy atom. The molecule has 0 aromatic rings. The summed E-state index contributed by atoms with van der Waals surface area (Å²) >= 11 is 0. The fourth-order valence-corrected chi connectivity index (χ4v) is 0. The molecule has 0 spiro atoms. The van der Waals surface area contributed by atoms with E-state index >= 15 is 0 Å². The second kappa shape index (κ2) is 116. The zero-order valence-electron chi connectivity index (χ0n) is 3.74. The van der Waals surface area contributed by atoms with E-state index in [9.17, 15) is 0 Å². The van der Waals surface area contributed by atoms with Crippen molar-refractivity contribution in [1.29, 1.82) is 0 Å². The molecule has 0 bridgehead atoms. The van der Waals surface area contributed by atoms with Crippen molar-refractivity contribution in [2.75, 3.05) is 0 Å². The molecule has 0 aliphatic carbocycles. The van der Waals surface area contributed by atoms with E-state index in [1.165, 1.54) is 0 Å². The molecule has 7 heteroatoms. The maximum atomic E-state index is 0. The summed E-state index contributed by atoms with van der Waals surface area (Å²) in [5.41, 5.74) is 0. The third kappa shape index (κ3) is 84.5. The van der Waals surface area contributed by atoms with Gasteiger partial charge >= 0.3 is 18.9 Å². The summed E-state index contributed by atoms with van der Waals surface area (Å²) in [6, 6.07) is 0. The smallest absolute Gasteiger partial charge is 0.870 e. The van der Waals surface area contributed by atoms with Crippen molar-refractivity contribution in [3.8, 4) is 0 Å². The van der Waals surface area contributed by atoms with Crippen molar-refractivity contribution in [1.82, 2.24) is 0 Å². The Balaban J connectivity index is 0. The summed E-state index contributed by atoms with van der Waals surface area (Å²) in [5, 5.41) is 0. The van der Waals surface area contributed by atoms with Gasteiger partial charge in [-0.1, -0.05) is 0 Å². The van der Waals surface area contributed by atoms with Crippen molar-refractivity contribution in [3.63, 3.8) is 0 Å². The van der Waals surface area contributed by atoms with Crippen LogP contribution in [0.15, 0.2) is 0 Å². The summed E-state index contributed by atoms with van der Waals surface area (Å²) in [4.78, 5) is 0. The summed E-state index contributed by atoms with van der Waals surface area (Å²) in [6.45, 7) is 0. The zero-order chi connectivity index (χ0) is 0. The Morgan fingerprint density at radius 2 is 0.571 bits per heavy atom. The first kappa shape index (κ1) is 173. The van der Waals surface area contributed by atoms with Gasteiger partial charge in [0.05, 0.1) is 0 Å². The molecular weight excluding hydrogens is 170 g/mol. The van der Waals surface area contributed by atoms with Gasteiger partial charge in [0.15, 0.2) is 0 Å². The second-order valence-corrected chi connectivity index (χ2v) is 0. The molecule has 7 heavy (non-hydrogen) atoms. The van der Waals surface area contributed by atoms with E-state index in [0.717, 1.165) is 0 Å². The normalized spacial score (nSPS) is 0. The molecule has 0 rings (SSSR count). The Bertz CT molecular complexity index is 11.7. The van der Waals surface area contributed by atoms with Gasteiger partial charge in [-0.3, -0.25) is 0 Å². The Morgan fingerprint density at radius 3 is 0.571 bits per heavy atom. The molecule has 0 saturated heterocycles. The zero-order valence-corrected chi connectivity index (χ0v) is 6.69. The van der Waals surface area contributed by atoms with Crippen LogP contribution in [0, 0.1) is 0 Å². The van der Waals surface area contributed by atoms with E-state index in [4.69, 9.17) is 0 Å². The first-order valence-electron chi connectivity index (χ1n) is 0. The average Bonchev–Trinajstić information content (AvgIpc) is 0. The second-order valence-electron chi connectivity index (χ2n) is 0. The summed E-state index contributed by atoms with van der Waals surface area (Å²) < 4.78 is 0. The van der Waals surface area contributed by atoms with Crippen LogP contribution >= 0.6 is 0 Å². The predicted molar refractivity (Wildman–Crippen MR) is 7.74 cm³/mol. The molecule has 0 aromatic heterocycles.